The number of fused-ring (bicyclic) bond motifs is 5. The number of carbonyl (C=O) groups excluding carboxylic acids is 2. The molecule has 3 aliphatic heterocycles. The summed E-state index contributed by atoms with van der Waals surface area (Å²) in [5.74, 6) is -2.37. The Morgan fingerprint density at radius 1 is 1.14 bits per heavy atom. The molecule has 2 amide bonds. The second-order valence-corrected chi connectivity index (χ2v) is 5.51. The molecule has 0 aromatic heterocycles. The molecule has 2 fully saturated rings. The van der Waals surface area contributed by atoms with Crippen LogP contribution in [0.3, 0.4) is 0 Å². The monoisotopic (exact) mass is 295 g/mol. The number of hydrogen-bond acceptors (Lipinski definition) is 5. The van der Waals surface area contributed by atoms with Crippen molar-refractivity contribution in [3.63, 3.8) is 0 Å². The Hall–Kier alpha value is -1.73. The van der Waals surface area contributed by atoms with E-state index >= 15 is 0 Å². The van der Waals surface area contributed by atoms with Gasteiger partial charge in [-0.1, -0.05) is 18.6 Å². The summed E-state index contributed by atoms with van der Waals surface area (Å²) >= 11 is 0. The van der Waals surface area contributed by atoms with Gasteiger partial charge in [0.05, 0.1) is 30.7 Å². The molecule has 3 heterocycles. The van der Waals surface area contributed by atoms with Crippen LogP contribution in [-0.4, -0.2) is 46.8 Å². The van der Waals surface area contributed by atoms with Crippen molar-refractivity contribution in [2.45, 2.75) is 37.9 Å². The van der Waals surface area contributed by atoms with Gasteiger partial charge in [-0.25, -0.2) is 0 Å². The van der Waals surface area contributed by atoms with Gasteiger partial charge in [-0.3, -0.25) is 19.2 Å². The normalized spacial score (nSPS) is 33.0. The van der Waals surface area contributed by atoms with Gasteiger partial charge in [0, 0.05) is 6.42 Å². The van der Waals surface area contributed by atoms with Gasteiger partial charge in [0.1, 0.15) is 0 Å². The molecular weight excluding hydrogens is 278 g/mol. The van der Waals surface area contributed by atoms with E-state index in [9.17, 15) is 14.4 Å². The minimum atomic E-state index is -0.823. The molecule has 7 nitrogen and oxygen atoms in total. The Bertz CT molecular complexity index is 472. The zero-order chi connectivity index (χ0) is 15.0. The van der Waals surface area contributed by atoms with Crippen molar-refractivity contribution in [3.05, 3.63) is 12.2 Å². The number of amides is 2. The highest BCUT2D eigenvalue weighted by Gasteiger charge is 2.61. The Kier molecular flexibility index (Phi) is 3.77. The first-order chi connectivity index (χ1) is 10.1. The molecule has 4 unspecified atom stereocenters. The fraction of sp³-hybridized carbons (Fsp3) is 0.643. The van der Waals surface area contributed by atoms with Gasteiger partial charge in [0.25, 0.3) is 11.8 Å². The summed E-state index contributed by atoms with van der Waals surface area (Å²) in [5, 5.41) is 9.39. The van der Waals surface area contributed by atoms with Gasteiger partial charge in [0.2, 0.25) is 0 Å². The maximum absolute atomic E-state index is 12.2. The van der Waals surface area contributed by atoms with E-state index in [4.69, 9.17) is 14.7 Å². The standard InChI is InChI=1S/C14H17NO6/c16-10(17)4-2-1-3-7-20-15-13(18)11-8-5-6-9(21-8)12(11)14(15)19/h5-6,8-9,11-12H,1-4,7H2,(H,16,17). The van der Waals surface area contributed by atoms with E-state index in [1.54, 1.807) is 0 Å². The Morgan fingerprint density at radius 3 is 2.33 bits per heavy atom. The van der Waals surface area contributed by atoms with Crippen molar-refractivity contribution in [1.82, 2.24) is 5.06 Å². The first-order valence-electron chi connectivity index (χ1n) is 7.16. The highest BCUT2D eigenvalue weighted by Crippen LogP contribution is 2.45. The molecule has 1 N–H and O–H groups in total. The number of unbranched alkanes of at least 4 members (excludes halogenated alkanes) is 2. The molecule has 2 bridgehead atoms. The van der Waals surface area contributed by atoms with Crippen molar-refractivity contribution in [3.8, 4) is 0 Å². The Labute approximate surface area is 121 Å². The lowest BCUT2D eigenvalue weighted by atomic mass is 9.85. The topological polar surface area (TPSA) is 93.1 Å². The first kappa shape index (κ1) is 14.2. The van der Waals surface area contributed by atoms with Crippen LogP contribution in [0.5, 0.6) is 0 Å². The third-order valence-corrected chi connectivity index (χ3v) is 4.13. The second-order valence-electron chi connectivity index (χ2n) is 5.51. The molecule has 0 spiro atoms. The molecule has 21 heavy (non-hydrogen) atoms. The van der Waals surface area contributed by atoms with Crippen LogP contribution in [0.2, 0.25) is 0 Å². The van der Waals surface area contributed by atoms with Crippen LogP contribution in [0.1, 0.15) is 25.7 Å². The molecule has 114 valence electrons. The van der Waals surface area contributed by atoms with Crippen molar-refractivity contribution < 1.29 is 29.1 Å². The fourth-order valence-electron chi connectivity index (χ4n) is 3.11. The number of carbonyl (C=O) groups is 3. The van der Waals surface area contributed by atoms with Gasteiger partial charge in [-0.2, -0.15) is 5.06 Å². The lowest BCUT2D eigenvalue weighted by molar-refractivity contribution is -0.192. The zero-order valence-electron chi connectivity index (χ0n) is 11.4. The Balaban J connectivity index is 1.46. The number of carboxylic acid groups (broad SMARTS) is 1. The van der Waals surface area contributed by atoms with Crippen LogP contribution in [0.4, 0.5) is 0 Å². The summed E-state index contributed by atoms with van der Waals surface area (Å²) in [7, 11) is 0. The molecule has 3 aliphatic rings. The number of hydroxylamine groups is 2. The lowest BCUT2D eigenvalue weighted by Gasteiger charge is -2.16. The number of aliphatic carboxylic acids is 1. The highest BCUT2D eigenvalue weighted by atomic mass is 16.7. The van der Waals surface area contributed by atoms with E-state index in [0.717, 1.165) is 5.06 Å². The molecule has 7 heteroatoms. The third kappa shape index (κ3) is 2.47. The molecule has 0 aliphatic carbocycles. The summed E-state index contributed by atoms with van der Waals surface area (Å²) in [6.45, 7) is 0.236. The van der Waals surface area contributed by atoms with Crippen LogP contribution in [0, 0.1) is 11.8 Å². The van der Waals surface area contributed by atoms with Gasteiger partial charge in [-0.15, -0.1) is 0 Å². The van der Waals surface area contributed by atoms with E-state index in [2.05, 4.69) is 0 Å². The van der Waals surface area contributed by atoms with Gasteiger partial charge < -0.3 is 9.84 Å². The van der Waals surface area contributed by atoms with Gasteiger partial charge >= 0.3 is 5.97 Å². The molecule has 0 radical (unpaired) electrons. The number of imide groups is 1. The Morgan fingerprint density at radius 2 is 1.76 bits per heavy atom. The molecule has 0 saturated carbocycles. The zero-order valence-corrected chi connectivity index (χ0v) is 11.4. The number of rotatable bonds is 7. The minimum absolute atomic E-state index is 0.123. The van der Waals surface area contributed by atoms with Crippen LogP contribution >= 0.6 is 0 Å². The summed E-state index contributed by atoms with van der Waals surface area (Å²) in [6.07, 6.45) is 5.03. The average molecular weight is 295 g/mol. The van der Waals surface area contributed by atoms with Crippen LogP contribution in [0.25, 0.3) is 0 Å². The van der Waals surface area contributed by atoms with Crippen LogP contribution in [-0.2, 0) is 24.0 Å². The molecule has 4 atom stereocenters. The molecule has 0 aromatic carbocycles. The minimum Gasteiger partial charge on any atom is -0.481 e. The van der Waals surface area contributed by atoms with E-state index < -0.39 is 17.8 Å². The summed E-state index contributed by atoms with van der Waals surface area (Å²) in [6, 6.07) is 0. The number of ether oxygens (including phenoxy) is 1. The highest BCUT2D eigenvalue weighted by molar-refractivity contribution is 6.05. The maximum Gasteiger partial charge on any atom is 0.303 e. The molecule has 3 rings (SSSR count). The fourth-order valence-corrected chi connectivity index (χ4v) is 3.11. The molecule has 2 saturated heterocycles. The van der Waals surface area contributed by atoms with Crippen molar-refractivity contribution in [1.29, 1.82) is 0 Å². The third-order valence-electron chi connectivity index (χ3n) is 4.13. The second kappa shape index (κ2) is 5.57. The van der Waals surface area contributed by atoms with Crippen LogP contribution in [0.15, 0.2) is 12.2 Å². The predicted octanol–water partition coefficient (Wildman–Crippen LogP) is 0.501. The lowest BCUT2D eigenvalue weighted by Crippen LogP contribution is -2.34. The molecule has 0 aromatic rings. The largest absolute Gasteiger partial charge is 0.481 e. The first-order valence-corrected chi connectivity index (χ1v) is 7.16. The summed E-state index contributed by atoms with van der Waals surface area (Å²) < 4.78 is 5.52. The number of nitrogens with zero attached hydrogens (tertiary/aromatic N) is 1. The van der Waals surface area contributed by atoms with E-state index in [1.807, 2.05) is 12.2 Å². The van der Waals surface area contributed by atoms with Crippen LogP contribution < -0.4 is 0 Å². The van der Waals surface area contributed by atoms with Crippen molar-refractivity contribution >= 4 is 17.8 Å². The maximum atomic E-state index is 12.2. The van der Waals surface area contributed by atoms with Gasteiger partial charge in [-0.05, 0) is 12.8 Å². The smallest absolute Gasteiger partial charge is 0.303 e. The predicted molar refractivity (Wildman–Crippen MR) is 68.7 cm³/mol. The van der Waals surface area contributed by atoms with Crippen molar-refractivity contribution in [2.75, 3.05) is 6.61 Å². The van der Waals surface area contributed by atoms with Crippen molar-refractivity contribution in [2.24, 2.45) is 11.8 Å². The van der Waals surface area contributed by atoms with E-state index in [-0.39, 0.29) is 37.0 Å². The van der Waals surface area contributed by atoms with E-state index in [0.29, 0.717) is 19.3 Å². The summed E-state index contributed by atoms with van der Waals surface area (Å²) in [5.41, 5.74) is 0. The average Bonchev–Trinajstić information content (AvgIpc) is 3.10. The SMILES string of the molecule is O=C(O)CCCCCON1C(=O)C2C3C=CC(O3)C2C1=O. The number of carboxylic acids is 1. The molecular formula is C14H17NO6. The van der Waals surface area contributed by atoms with E-state index in [1.165, 1.54) is 0 Å². The quantitative estimate of drug-likeness (QED) is 0.418. The van der Waals surface area contributed by atoms with Gasteiger partial charge in [0.15, 0.2) is 0 Å². The summed E-state index contributed by atoms with van der Waals surface area (Å²) in [4.78, 5) is 40.0. The number of hydrogen-bond donors (Lipinski definition) is 1.